The molecule has 0 N–H and O–H groups in total. The van der Waals surface area contributed by atoms with E-state index in [1.54, 1.807) is 62.0 Å². The Kier molecular flexibility index (Phi) is 5.73. The molecule has 0 bridgehead atoms. The molecule has 0 saturated carbocycles. The first-order valence-electron chi connectivity index (χ1n) is 10.6. The third-order valence-corrected chi connectivity index (χ3v) is 5.21. The molecule has 0 fully saturated rings. The fraction of sp³-hybridized carbons (Fsp3) is 0.217. The Morgan fingerprint density at radius 1 is 1.11 bits per heavy atom. The summed E-state index contributed by atoms with van der Waals surface area (Å²) in [6, 6.07) is 10.7. The summed E-state index contributed by atoms with van der Waals surface area (Å²) in [5.41, 5.74) is 1.34. The molecule has 1 aromatic carbocycles. The van der Waals surface area contributed by atoms with Crippen LogP contribution in [0.4, 0.5) is 4.79 Å². The minimum absolute atomic E-state index is 0.376. The van der Waals surface area contributed by atoms with Crippen LogP contribution in [0.25, 0.3) is 28.3 Å². The van der Waals surface area contributed by atoms with Crippen molar-refractivity contribution in [1.82, 2.24) is 34.7 Å². The topological polar surface area (TPSA) is 123 Å². The zero-order valence-corrected chi connectivity index (χ0v) is 20.2. The van der Waals surface area contributed by atoms with Crippen molar-refractivity contribution >= 4 is 28.9 Å². The van der Waals surface area contributed by atoms with Gasteiger partial charge in [-0.15, -0.1) is 5.10 Å². The van der Waals surface area contributed by atoms with Gasteiger partial charge < -0.3 is 13.9 Å². The molecule has 0 saturated heterocycles. The van der Waals surface area contributed by atoms with Crippen LogP contribution >= 0.6 is 11.8 Å². The van der Waals surface area contributed by atoms with Gasteiger partial charge in [0.1, 0.15) is 28.1 Å². The van der Waals surface area contributed by atoms with Crippen molar-refractivity contribution in [3.8, 4) is 28.8 Å². The molecule has 0 amide bonds. The predicted molar refractivity (Wildman–Crippen MR) is 128 cm³/mol. The van der Waals surface area contributed by atoms with Gasteiger partial charge in [0.15, 0.2) is 22.5 Å². The highest BCUT2D eigenvalue weighted by molar-refractivity contribution is 7.98. The van der Waals surface area contributed by atoms with Gasteiger partial charge in [0.25, 0.3) is 0 Å². The molecule has 0 spiro atoms. The Bertz CT molecular complexity index is 1500. The normalized spacial score (nSPS) is 11.7. The standard InChI is InChI=1S/C23H21N7O4S/c1-23(2,3)34-22(31)29-13-15(12-24-29)33-14-7-8-16-18(10-14)30(28-27-16)20-11-17(19-6-5-9-32-19)25-21(26-20)35-4/h5-13H,1-4H3. The first kappa shape index (κ1) is 22.6. The molecule has 0 radical (unpaired) electrons. The van der Waals surface area contributed by atoms with Crippen LogP contribution in [0.3, 0.4) is 0 Å². The maximum Gasteiger partial charge on any atom is 0.435 e. The quantitative estimate of drug-likeness (QED) is 0.246. The van der Waals surface area contributed by atoms with Crippen molar-refractivity contribution in [2.75, 3.05) is 6.26 Å². The van der Waals surface area contributed by atoms with E-state index in [1.807, 2.05) is 12.3 Å². The molecule has 0 aliphatic rings. The maximum atomic E-state index is 12.2. The molecule has 4 heterocycles. The molecule has 11 nitrogen and oxygen atoms in total. The zero-order valence-electron chi connectivity index (χ0n) is 19.4. The fourth-order valence-corrected chi connectivity index (χ4v) is 3.57. The number of hydrogen-bond acceptors (Lipinski definition) is 10. The van der Waals surface area contributed by atoms with Crippen LogP contribution in [0.5, 0.6) is 11.5 Å². The van der Waals surface area contributed by atoms with Crippen molar-refractivity contribution in [1.29, 1.82) is 0 Å². The van der Waals surface area contributed by atoms with Crippen molar-refractivity contribution in [3.05, 3.63) is 55.1 Å². The van der Waals surface area contributed by atoms with E-state index in [9.17, 15) is 4.79 Å². The van der Waals surface area contributed by atoms with Gasteiger partial charge >= 0.3 is 6.09 Å². The van der Waals surface area contributed by atoms with Crippen LogP contribution in [0.15, 0.2) is 64.6 Å². The Hall–Kier alpha value is -4.19. The van der Waals surface area contributed by atoms with Crippen molar-refractivity contribution < 1.29 is 18.7 Å². The number of carbonyl (C=O) groups excluding carboxylic acids is 1. The van der Waals surface area contributed by atoms with E-state index in [2.05, 4.69) is 25.4 Å². The average molecular weight is 492 g/mol. The molecule has 0 aliphatic carbocycles. The molecule has 0 unspecified atom stereocenters. The molecule has 5 aromatic rings. The van der Waals surface area contributed by atoms with E-state index < -0.39 is 11.7 Å². The van der Waals surface area contributed by atoms with E-state index in [-0.39, 0.29) is 0 Å². The lowest BCUT2D eigenvalue weighted by Crippen LogP contribution is -2.27. The SMILES string of the molecule is CSc1nc(-c2ccco2)cc(-n2nnc3ccc(Oc4cnn(C(=O)OC(C)(C)C)c4)cc32)n1. The zero-order chi connectivity index (χ0) is 24.6. The number of rotatable bonds is 5. The Morgan fingerprint density at radius 2 is 1.97 bits per heavy atom. The Balaban J connectivity index is 1.46. The summed E-state index contributed by atoms with van der Waals surface area (Å²) >= 11 is 1.41. The van der Waals surface area contributed by atoms with Crippen LogP contribution in [-0.4, -0.2) is 52.7 Å². The lowest BCUT2D eigenvalue weighted by molar-refractivity contribution is 0.0514. The summed E-state index contributed by atoms with van der Waals surface area (Å²) < 4.78 is 19.4. The van der Waals surface area contributed by atoms with E-state index in [4.69, 9.17) is 13.9 Å². The summed E-state index contributed by atoms with van der Waals surface area (Å²) in [6.45, 7) is 5.36. The number of aromatic nitrogens is 7. The van der Waals surface area contributed by atoms with Crippen LogP contribution in [0.1, 0.15) is 20.8 Å². The molecule has 0 aliphatic heterocycles. The second kappa shape index (κ2) is 8.87. The highest BCUT2D eigenvalue weighted by Gasteiger charge is 2.19. The van der Waals surface area contributed by atoms with E-state index in [0.717, 1.165) is 4.68 Å². The summed E-state index contributed by atoms with van der Waals surface area (Å²) in [5.74, 6) is 2.05. The summed E-state index contributed by atoms with van der Waals surface area (Å²) in [7, 11) is 0. The van der Waals surface area contributed by atoms with Gasteiger partial charge in [-0.3, -0.25) is 0 Å². The lowest BCUT2D eigenvalue weighted by Gasteiger charge is -2.18. The predicted octanol–water partition coefficient (Wildman–Crippen LogP) is 4.96. The average Bonchev–Trinajstić information content (AvgIpc) is 3.58. The molecule has 12 heteroatoms. The van der Waals surface area contributed by atoms with Crippen molar-refractivity contribution in [2.45, 2.75) is 31.5 Å². The van der Waals surface area contributed by atoms with E-state index >= 15 is 0 Å². The Morgan fingerprint density at radius 3 is 2.71 bits per heavy atom. The second-order valence-corrected chi connectivity index (χ2v) is 9.20. The molecular weight excluding hydrogens is 470 g/mol. The van der Waals surface area contributed by atoms with Crippen LogP contribution in [0.2, 0.25) is 0 Å². The highest BCUT2D eigenvalue weighted by Crippen LogP contribution is 2.28. The fourth-order valence-electron chi connectivity index (χ4n) is 3.20. The molecule has 35 heavy (non-hydrogen) atoms. The minimum Gasteiger partial charge on any atom is -0.463 e. The summed E-state index contributed by atoms with van der Waals surface area (Å²) in [6.07, 6.45) is 5.79. The number of ether oxygens (including phenoxy) is 2. The number of carbonyl (C=O) groups is 1. The largest absolute Gasteiger partial charge is 0.463 e. The van der Waals surface area contributed by atoms with E-state index in [1.165, 1.54) is 24.2 Å². The monoisotopic (exact) mass is 491 g/mol. The first-order valence-corrected chi connectivity index (χ1v) is 11.8. The summed E-state index contributed by atoms with van der Waals surface area (Å²) in [5, 5.41) is 13.1. The minimum atomic E-state index is -0.631. The molecule has 5 rings (SSSR count). The van der Waals surface area contributed by atoms with Gasteiger partial charge in [0.05, 0.1) is 18.7 Å². The van der Waals surface area contributed by atoms with Gasteiger partial charge in [0, 0.05) is 12.1 Å². The van der Waals surface area contributed by atoms with Gasteiger partial charge in [-0.05, 0) is 51.3 Å². The smallest absolute Gasteiger partial charge is 0.435 e. The number of fused-ring (bicyclic) bond motifs is 1. The highest BCUT2D eigenvalue weighted by atomic mass is 32.2. The summed E-state index contributed by atoms with van der Waals surface area (Å²) in [4.78, 5) is 21.3. The number of benzene rings is 1. The number of thioether (sulfide) groups is 1. The van der Waals surface area contributed by atoms with Gasteiger partial charge in [0.2, 0.25) is 0 Å². The van der Waals surface area contributed by atoms with Crippen LogP contribution < -0.4 is 4.74 Å². The van der Waals surface area contributed by atoms with Gasteiger partial charge in [-0.25, -0.2) is 14.8 Å². The third-order valence-electron chi connectivity index (χ3n) is 4.66. The van der Waals surface area contributed by atoms with Crippen molar-refractivity contribution in [3.63, 3.8) is 0 Å². The van der Waals surface area contributed by atoms with Gasteiger partial charge in [-0.1, -0.05) is 17.0 Å². The number of nitrogens with zero attached hydrogens (tertiary/aromatic N) is 7. The molecule has 0 atom stereocenters. The molecular formula is C23H21N7O4S. The van der Waals surface area contributed by atoms with Gasteiger partial charge in [-0.2, -0.15) is 14.5 Å². The second-order valence-electron chi connectivity index (χ2n) is 8.43. The Labute approximate surface area is 204 Å². The maximum absolute atomic E-state index is 12.2. The lowest BCUT2D eigenvalue weighted by atomic mass is 10.2. The van der Waals surface area contributed by atoms with E-state index in [0.29, 0.717) is 45.0 Å². The third kappa shape index (κ3) is 4.87. The number of hydrogen-bond donors (Lipinski definition) is 0. The molecule has 4 aromatic heterocycles. The van der Waals surface area contributed by atoms with Crippen LogP contribution in [0, 0.1) is 0 Å². The first-order chi connectivity index (χ1) is 16.8. The van der Waals surface area contributed by atoms with Crippen LogP contribution in [-0.2, 0) is 4.74 Å². The number of furan rings is 1. The van der Waals surface area contributed by atoms with Crippen molar-refractivity contribution in [2.24, 2.45) is 0 Å². The molecule has 178 valence electrons.